The molecule has 0 amide bonds. The molecule has 0 unspecified atom stereocenters. The third kappa shape index (κ3) is 3.64. The molecule has 1 aromatic heterocycles. The molecule has 0 radical (unpaired) electrons. The lowest BCUT2D eigenvalue weighted by atomic mass is 10.4. The first-order valence-corrected chi connectivity index (χ1v) is 4.68. The second-order valence-electron chi connectivity index (χ2n) is 2.59. The van der Waals surface area contributed by atoms with E-state index in [4.69, 9.17) is 23.2 Å². The van der Waals surface area contributed by atoms with Gasteiger partial charge in [-0.15, -0.1) is 0 Å². The lowest BCUT2D eigenvalue weighted by Crippen LogP contribution is -2.07. The molecule has 14 heavy (non-hydrogen) atoms. The molecule has 1 rings (SSSR count). The molecule has 2 nitrogen and oxygen atoms in total. The zero-order valence-electron chi connectivity index (χ0n) is 7.11. The van der Waals surface area contributed by atoms with Gasteiger partial charge in [0.15, 0.2) is 0 Å². The summed E-state index contributed by atoms with van der Waals surface area (Å²) in [6, 6.07) is 1.50. The van der Waals surface area contributed by atoms with Crippen molar-refractivity contribution in [2.75, 3.05) is 11.9 Å². The number of halogens is 4. The number of pyridine rings is 1. The Kier molecular flexibility index (Phi) is 4.35. The van der Waals surface area contributed by atoms with Crippen molar-refractivity contribution in [3.8, 4) is 0 Å². The first kappa shape index (κ1) is 11.5. The summed E-state index contributed by atoms with van der Waals surface area (Å²) in [4.78, 5) is 3.85. The number of anilines is 1. The quantitative estimate of drug-likeness (QED) is 0.873. The van der Waals surface area contributed by atoms with Gasteiger partial charge < -0.3 is 5.32 Å². The lowest BCUT2D eigenvalue weighted by molar-refractivity contribution is 0.142. The zero-order chi connectivity index (χ0) is 10.6. The minimum absolute atomic E-state index is 0.131. The number of nitrogens with zero attached hydrogens (tertiary/aromatic N) is 1. The Bertz CT molecular complexity index is 307. The van der Waals surface area contributed by atoms with E-state index in [2.05, 4.69) is 10.3 Å². The lowest BCUT2D eigenvalue weighted by Gasteiger charge is -2.06. The summed E-state index contributed by atoms with van der Waals surface area (Å²) < 4.78 is 23.6. The van der Waals surface area contributed by atoms with Crippen molar-refractivity contribution < 1.29 is 8.78 Å². The van der Waals surface area contributed by atoms with Crippen molar-refractivity contribution in [2.24, 2.45) is 0 Å². The van der Waals surface area contributed by atoms with E-state index < -0.39 is 6.43 Å². The normalized spacial score (nSPS) is 10.6. The number of rotatable bonds is 4. The molecule has 6 heteroatoms. The molecule has 1 aromatic rings. The predicted octanol–water partition coefficient (Wildman–Crippen LogP) is 3.46. The Hall–Kier alpha value is -0.610. The van der Waals surface area contributed by atoms with Crippen molar-refractivity contribution in [1.29, 1.82) is 0 Å². The topological polar surface area (TPSA) is 24.9 Å². The largest absolute Gasteiger partial charge is 0.369 e. The van der Waals surface area contributed by atoms with Gasteiger partial charge in [0.05, 0.1) is 10.0 Å². The van der Waals surface area contributed by atoms with Gasteiger partial charge in [-0.25, -0.2) is 13.8 Å². The van der Waals surface area contributed by atoms with Crippen LogP contribution in [-0.4, -0.2) is 18.0 Å². The van der Waals surface area contributed by atoms with E-state index in [1.54, 1.807) is 0 Å². The van der Waals surface area contributed by atoms with Crippen LogP contribution in [0.15, 0.2) is 12.3 Å². The number of nitrogens with one attached hydrogen (secondary N) is 1. The number of aromatic nitrogens is 1. The summed E-state index contributed by atoms with van der Waals surface area (Å²) in [7, 11) is 0. The third-order valence-electron chi connectivity index (χ3n) is 1.46. The van der Waals surface area contributed by atoms with Gasteiger partial charge in [-0.3, -0.25) is 0 Å². The first-order chi connectivity index (χ1) is 6.59. The molecule has 0 atom stereocenters. The fourth-order valence-corrected chi connectivity index (χ4v) is 1.29. The summed E-state index contributed by atoms with van der Waals surface area (Å²) in [6.45, 7) is 0.131. The molecule has 0 aliphatic heterocycles. The molecular weight excluding hydrogens is 233 g/mol. The van der Waals surface area contributed by atoms with Crippen LogP contribution in [-0.2, 0) is 0 Å². The Balaban J connectivity index is 2.51. The van der Waals surface area contributed by atoms with Crippen LogP contribution in [0.4, 0.5) is 14.6 Å². The number of hydrogen-bond donors (Lipinski definition) is 1. The summed E-state index contributed by atoms with van der Waals surface area (Å²) in [5, 5.41) is 3.43. The van der Waals surface area contributed by atoms with Crippen LogP contribution in [0, 0.1) is 0 Å². The highest BCUT2D eigenvalue weighted by atomic mass is 35.5. The highest BCUT2D eigenvalue weighted by molar-refractivity contribution is 6.35. The van der Waals surface area contributed by atoms with E-state index >= 15 is 0 Å². The maximum atomic E-state index is 11.8. The highest BCUT2D eigenvalue weighted by Gasteiger charge is 2.04. The molecule has 0 saturated carbocycles. The van der Waals surface area contributed by atoms with Crippen molar-refractivity contribution in [3.63, 3.8) is 0 Å². The summed E-state index contributed by atoms with van der Waals surface area (Å²) >= 11 is 11.4. The number of hydrogen-bond acceptors (Lipinski definition) is 2. The molecule has 78 valence electrons. The van der Waals surface area contributed by atoms with Crippen molar-refractivity contribution in [1.82, 2.24) is 4.98 Å². The standard InChI is InChI=1S/C8H8Cl2F2N2/c9-5-3-6(10)8(14-4-5)13-2-1-7(11)12/h3-4,7H,1-2H2,(H,13,14). The molecule has 0 aliphatic rings. The van der Waals surface area contributed by atoms with Crippen LogP contribution >= 0.6 is 23.2 Å². The van der Waals surface area contributed by atoms with Gasteiger partial charge >= 0.3 is 0 Å². The van der Waals surface area contributed by atoms with E-state index in [1.165, 1.54) is 12.3 Å². The Morgan fingerprint density at radius 2 is 2.14 bits per heavy atom. The van der Waals surface area contributed by atoms with E-state index in [-0.39, 0.29) is 13.0 Å². The summed E-state index contributed by atoms with van der Waals surface area (Å²) in [5.41, 5.74) is 0. The molecule has 0 bridgehead atoms. The predicted molar refractivity (Wildman–Crippen MR) is 53.4 cm³/mol. The molecule has 1 N–H and O–H groups in total. The Labute approximate surface area is 90.2 Å². The van der Waals surface area contributed by atoms with E-state index in [9.17, 15) is 8.78 Å². The van der Waals surface area contributed by atoms with Crippen molar-refractivity contribution >= 4 is 29.0 Å². The third-order valence-corrected chi connectivity index (χ3v) is 1.96. The van der Waals surface area contributed by atoms with Crippen molar-refractivity contribution in [3.05, 3.63) is 22.3 Å². The van der Waals surface area contributed by atoms with Crippen LogP contribution < -0.4 is 5.32 Å². The SMILES string of the molecule is FC(F)CCNc1ncc(Cl)cc1Cl. The van der Waals surface area contributed by atoms with Crippen LogP contribution in [0.2, 0.25) is 10.0 Å². The van der Waals surface area contributed by atoms with Crippen LogP contribution in [0.3, 0.4) is 0 Å². The number of alkyl halides is 2. The maximum absolute atomic E-state index is 11.8. The van der Waals surface area contributed by atoms with Crippen LogP contribution in [0.25, 0.3) is 0 Å². The fourth-order valence-electron chi connectivity index (χ4n) is 0.844. The van der Waals surface area contributed by atoms with Gasteiger partial charge in [0, 0.05) is 19.2 Å². The molecule has 0 spiro atoms. The van der Waals surface area contributed by atoms with Gasteiger partial charge in [0.2, 0.25) is 6.43 Å². The molecule has 0 aromatic carbocycles. The van der Waals surface area contributed by atoms with Gasteiger partial charge in [-0.05, 0) is 6.07 Å². The molecule has 0 saturated heterocycles. The molecule has 1 heterocycles. The monoisotopic (exact) mass is 240 g/mol. The second kappa shape index (κ2) is 5.32. The van der Waals surface area contributed by atoms with Gasteiger partial charge in [-0.2, -0.15) is 0 Å². The average Bonchev–Trinajstić information content (AvgIpc) is 2.08. The van der Waals surface area contributed by atoms with E-state index in [1.807, 2.05) is 0 Å². The smallest absolute Gasteiger partial charge is 0.240 e. The average molecular weight is 241 g/mol. The molecule has 0 aliphatic carbocycles. The van der Waals surface area contributed by atoms with Crippen LogP contribution in [0.5, 0.6) is 0 Å². The minimum atomic E-state index is -2.33. The first-order valence-electron chi connectivity index (χ1n) is 3.92. The van der Waals surface area contributed by atoms with Gasteiger partial charge in [0.1, 0.15) is 5.82 Å². The summed E-state index contributed by atoms with van der Waals surface area (Å²) in [6.07, 6.45) is -1.16. The fraction of sp³-hybridized carbons (Fsp3) is 0.375. The Morgan fingerprint density at radius 3 is 2.71 bits per heavy atom. The van der Waals surface area contributed by atoms with E-state index in [0.29, 0.717) is 15.9 Å². The van der Waals surface area contributed by atoms with Crippen molar-refractivity contribution in [2.45, 2.75) is 12.8 Å². The zero-order valence-corrected chi connectivity index (χ0v) is 8.62. The molecular formula is C8H8Cl2F2N2. The maximum Gasteiger partial charge on any atom is 0.240 e. The van der Waals surface area contributed by atoms with E-state index in [0.717, 1.165) is 0 Å². The molecule has 0 fully saturated rings. The van der Waals surface area contributed by atoms with Gasteiger partial charge in [-0.1, -0.05) is 23.2 Å². The summed E-state index contributed by atoms with van der Waals surface area (Å²) in [5.74, 6) is 0.372. The van der Waals surface area contributed by atoms with Crippen LogP contribution in [0.1, 0.15) is 6.42 Å². The van der Waals surface area contributed by atoms with Gasteiger partial charge in [0.25, 0.3) is 0 Å². The second-order valence-corrected chi connectivity index (χ2v) is 3.43. The highest BCUT2D eigenvalue weighted by Crippen LogP contribution is 2.22. The Morgan fingerprint density at radius 1 is 1.43 bits per heavy atom. The minimum Gasteiger partial charge on any atom is -0.369 e.